The van der Waals surface area contributed by atoms with Crippen LogP contribution in [0.15, 0.2) is 42.0 Å². The van der Waals surface area contributed by atoms with E-state index in [1.165, 1.54) is 22.3 Å². The number of amides is 1. The molecule has 31 heavy (non-hydrogen) atoms. The van der Waals surface area contributed by atoms with Crippen LogP contribution in [0.3, 0.4) is 0 Å². The lowest BCUT2D eigenvalue weighted by molar-refractivity contribution is -0.153. The molecule has 0 spiro atoms. The molecule has 0 radical (unpaired) electrons. The van der Waals surface area contributed by atoms with Gasteiger partial charge < -0.3 is 19.9 Å². The summed E-state index contributed by atoms with van der Waals surface area (Å²) in [5, 5.41) is 10.2. The molecule has 2 aliphatic carbocycles. The van der Waals surface area contributed by atoms with Gasteiger partial charge in [0, 0.05) is 12.3 Å². The maximum absolute atomic E-state index is 12.0. The highest BCUT2D eigenvalue weighted by Gasteiger charge is 2.31. The Hall–Kier alpha value is -3.09. The minimum absolute atomic E-state index is 0.0819. The number of carboxylic acid groups (broad SMARTS) is 1. The first-order chi connectivity index (χ1) is 14.6. The van der Waals surface area contributed by atoms with Gasteiger partial charge in [0.15, 0.2) is 0 Å². The number of alkyl carbamates (subject to hydrolysis) is 1. The average molecular weight is 430 g/mol. The molecule has 1 atom stereocenters. The van der Waals surface area contributed by atoms with Crippen molar-refractivity contribution in [2.24, 2.45) is 0 Å². The van der Waals surface area contributed by atoms with Crippen molar-refractivity contribution in [2.75, 3.05) is 13.2 Å². The van der Waals surface area contributed by atoms with Crippen LogP contribution < -0.4 is 5.32 Å². The summed E-state index contributed by atoms with van der Waals surface area (Å²) in [5.74, 6) is -1.15. The number of carbonyl (C=O) groups is 3. The van der Waals surface area contributed by atoms with E-state index in [-0.39, 0.29) is 25.5 Å². The summed E-state index contributed by atoms with van der Waals surface area (Å²) < 4.78 is 10.6. The van der Waals surface area contributed by atoms with E-state index in [1.807, 2.05) is 12.1 Å². The molecular formula is C24H31NO6. The van der Waals surface area contributed by atoms with E-state index < -0.39 is 23.6 Å². The van der Waals surface area contributed by atoms with Gasteiger partial charge in [-0.25, -0.2) is 4.79 Å². The van der Waals surface area contributed by atoms with Gasteiger partial charge in [0.25, 0.3) is 0 Å². The van der Waals surface area contributed by atoms with Gasteiger partial charge in [-0.15, -0.1) is 0 Å². The van der Waals surface area contributed by atoms with Crippen LogP contribution in [-0.2, 0) is 19.1 Å². The predicted octanol–water partition coefficient (Wildman–Crippen LogP) is 4.44. The molecule has 1 aromatic rings. The number of allylic oxidation sites excluding steroid dienone is 3. The number of carbonyl (C=O) groups excluding carboxylic acids is 2. The second kappa shape index (κ2) is 10.8. The van der Waals surface area contributed by atoms with E-state index in [4.69, 9.17) is 14.6 Å². The Labute approximate surface area is 183 Å². The van der Waals surface area contributed by atoms with E-state index in [1.54, 1.807) is 27.7 Å². The van der Waals surface area contributed by atoms with Crippen LogP contribution in [0.2, 0.25) is 0 Å². The smallest absolute Gasteiger partial charge is 0.407 e. The fourth-order valence-electron chi connectivity index (χ4n) is 3.46. The summed E-state index contributed by atoms with van der Waals surface area (Å²) in [6.07, 6.45) is 5.96. The quantitative estimate of drug-likeness (QED) is 0.671. The number of ether oxygens (including phenoxy) is 2. The Morgan fingerprint density at radius 3 is 2.52 bits per heavy atom. The highest BCUT2D eigenvalue weighted by atomic mass is 16.6. The zero-order chi connectivity index (χ0) is 23.0. The van der Waals surface area contributed by atoms with Crippen LogP contribution in [0.1, 0.15) is 64.0 Å². The zero-order valence-corrected chi connectivity index (χ0v) is 18.6. The van der Waals surface area contributed by atoms with Crippen LogP contribution in [-0.4, -0.2) is 41.9 Å². The normalized spacial score (nSPS) is 16.5. The third-order valence-corrected chi connectivity index (χ3v) is 4.74. The van der Waals surface area contributed by atoms with Crippen LogP contribution >= 0.6 is 0 Å². The highest BCUT2D eigenvalue weighted by molar-refractivity contribution is 5.85. The Morgan fingerprint density at radius 2 is 1.87 bits per heavy atom. The first kappa shape index (κ1) is 24.2. The first-order valence-electron chi connectivity index (χ1n) is 10.5. The van der Waals surface area contributed by atoms with Crippen molar-refractivity contribution in [1.82, 2.24) is 5.32 Å². The Balaban J connectivity index is 0.000000614. The summed E-state index contributed by atoms with van der Waals surface area (Å²) in [4.78, 5) is 33.0. The van der Waals surface area contributed by atoms with Gasteiger partial charge in [-0.05, 0) is 50.3 Å². The Morgan fingerprint density at radius 1 is 1.19 bits per heavy atom. The molecule has 0 bridgehead atoms. The lowest BCUT2D eigenvalue weighted by Crippen LogP contribution is -2.35. The molecule has 1 unspecified atom stereocenters. The van der Waals surface area contributed by atoms with E-state index >= 15 is 0 Å². The lowest BCUT2D eigenvalue weighted by Gasteiger charge is -2.20. The SMILES string of the molecule is CC(C)(C)OC(=O)CNC(=O)OCC1C2=C(C=CCC2)c2ccccc21.CCC(=O)O. The molecule has 7 nitrogen and oxygen atoms in total. The van der Waals surface area contributed by atoms with Gasteiger partial charge in [-0.1, -0.05) is 48.9 Å². The Bertz CT molecular complexity index is 878. The van der Waals surface area contributed by atoms with E-state index in [2.05, 4.69) is 29.6 Å². The van der Waals surface area contributed by atoms with Crippen LogP contribution in [0, 0.1) is 0 Å². The molecule has 168 valence electrons. The first-order valence-corrected chi connectivity index (χ1v) is 10.5. The molecule has 7 heteroatoms. The highest BCUT2D eigenvalue weighted by Crippen LogP contribution is 2.46. The molecule has 0 heterocycles. The van der Waals surface area contributed by atoms with Crippen LogP contribution in [0.25, 0.3) is 5.57 Å². The molecule has 3 rings (SSSR count). The molecule has 2 aliphatic rings. The van der Waals surface area contributed by atoms with Crippen molar-refractivity contribution >= 4 is 23.6 Å². The van der Waals surface area contributed by atoms with E-state index in [9.17, 15) is 14.4 Å². The third-order valence-electron chi connectivity index (χ3n) is 4.74. The van der Waals surface area contributed by atoms with Gasteiger partial charge in [0.1, 0.15) is 18.8 Å². The monoisotopic (exact) mass is 429 g/mol. The van der Waals surface area contributed by atoms with Gasteiger partial charge in [-0.3, -0.25) is 9.59 Å². The molecular weight excluding hydrogens is 398 g/mol. The topological polar surface area (TPSA) is 102 Å². The number of fused-ring (bicyclic) bond motifs is 2. The van der Waals surface area contributed by atoms with Crippen LogP contribution in [0.4, 0.5) is 4.79 Å². The number of carboxylic acids is 1. The molecule has 1 aromatic carbocycles. The summed E-state index contributed by atoms with van der Waals surface area (Å²) >= 11 is 0. The molecule has 0 aromatic heterocycles. The van der Waals surface area contributed by atoms with Crippen molar-refractivity contribution in [3.63, 3.8) is 0 Å². The van der Waals surface area contributed by atoms with Gasteiger partial charge in [0.05, 0.1) is 0 Å². The minimum atomic E-state index is -0.745. The number of benzene rings is 1. The average Bonchev–Trinajstić information content (AvgIpc) is 3.04. The maximum atomic E-state index is 12.0. The van der Waals surface area contributed by atoms with E-state index in [0.717, 1.165) is 12.8 Å². The second-order valence-corrected chi connectivity index (χ2v) is 8.31. The predicted molar refractivity (Wildman–Crippen MR) is 118 cm³/mol. The number of esters is 1. The molecule has 0 aliphatic heterocycles. The molecule has 0 saturated heterocycles. The van der Waals surface area contributed by atoms with Crippen LogP contribution in [0.5, 0.6) is 0 Å². The van der Waals surface area contributed by atoms with E-state index in [0.29, 0.717) is 0 Å². The van der Waals surface area contributed by atoms with Gasteiger partial charge >= 0.3 is 18.0 Å². The summed E-state index contributed by atoms with van der Waals surface area (Å²) in [6.45, 7) is 7.01. The largest absolute Gasteiger partial charge is 0.481 e. The van der Waals surface area contributed by atoms with Crippen molar-refractivity contribution in [2.45, 2.75) is 58.5 Å². The molecule has 0 saturated carbocycles. The fraction of sp³-hybridized carbons (Fsp3) is 0.458. The second-order valence-electron chi connectivity index (χ2n) is 8.31. The molecule has 2 N–H and O–H groups in total. The lowest BCUT2D eigenvalue weighted by atomic mass is 9.91. The number of rotatable bonds is 5. The maximum Gasteiger partial charge on any atom is 0.407 e. The Kier molecular flexibility index (Phi) is 8.42. The molecule has 0 fully saturated rings. The summed E-state index contributed by atoms with van der Waals surface area (Å²) in [7, 11) is 0. The number of hydrogen-bond donors (Lipinski definition) is 2. The third kappa shape index (κ3) is 7.27. The molecule has 1 amide bonds. The summed E-state index contributed by atoms with van der Waals surface area (Å²) in [5.41, 5.74) is 4.43. The van der Waals surface area contributed by atoms with Gasteiger partial charge in [-0.2, -0.15) is 0 Å². The standard InChI is InChI=1S/C21H25NO4.C3H6O2/c1-21(2,3)26-19(23)12-22-20(24)25-13-18-16-10-6-4-8-14(16)15-9-5-7-11-17(15)18;1-2-3(4)5/h4-6,8-10,18H,7,11-13H2,1-3H3,(H,22,24);2H2,1H3,(H,4,5). The zero-order valence-electron chi connectivity index (χ0n) is 18.6. The number of nitrogens with one attached hydrogen (secondary N) is 1. The number of hydrogen-bond acceptors (Lipinski definition) is 5. The fourth-order valence-corrected chi connectivity index (χ4v) is 3.46. The van der Waals surface area contributed by atoms with Crippen molar-refractivity contribution in [3.8, 4) is 0 Å². The van der Waals surface area contributed by atoms with Gasteiger partial charge in [0.2, 0.25) is 0 Å². The van der Waals surface area contributed by atoms with Crippen molar-refractivity contribution < 1.29 is 29.0 Å². The van der Waals surface area contributed by atoms with Crippen molar-refractivity contribution in [3.05, 3.63) is 53.1 Å². The van der Waals surface area contributed by atoms with Crippen molar-refractivity contribution in [1.29, 1.82) is 0 Å². The minimum Gasteiger partial charge on any atom is -0.481 e. The number of aliphatic carboxylic acids is 1. The summed E-state index contributed by atoms with van der Waals surface area (Å²) in [6, 6.07) is 8.25.